The average Bonchev–Trinajstić information content (AvgIpc) is 2.64. The molecule has 6 heteroatoms. The van der Waals surface area contributed by atoms with Crippen LogP contribution in [0.1, 0.15) is 23.6 Å². The first-order chi connectivity index (χ1) is 11.7. The lowest BCUT2D eigenvalue weighted by Crippen LogP contribution is -2.44. The van der Waals surface area contributed by atoms with E-state index in [1.165, 1.54) is 5.56 Å². The maximum absolute atomic E-state index is 12.0. The van der Waals surface area contributed by atoms with Crippen molar-refractivity contribution in [3.05, 3.63) is 71.8 Å². The maximum Gasteiger partial charge on any atom is 0.315 e. The largest absolute Gasteiger partial charge is 0.338 e. The molecule has 0 bridgehead atoms. The zero-order chi connectivity index (χ0) is 17.2. The zero-order valence-corrected chi connectivity index (χ0v) is 13.2. The second kappa shape index (κ2) is 9.32. The normalized spacial score (nSPS) is 11.4. The zero-order valence-electron chi connectivity index (χ0n) is 13.2. The standard InChI is InChI=1S/C18H21N3O3/c22-17(21-24)16(15-11-5-2-6-12-15)20-18(23)19-13-7-10-14-8-3-1-4-9-14/h1-6,8-9,11-12,16,24H,7,10,13H2,(H,21,22)(H2,19,20,23)/t16-/m0/s1. The Morgan fingerprint density at radius 3 is 2.21 bits per heavy atom. The highest BCUT2D eigenvalue weighted by Gasteiger charge is 2.21. The van der Waals surface area contributed by atoms with E-state index in [1.54, 1.807) is 35.8 Å². The molecule has 6 nitrogen and oxygen atoms in total. The first kappa shape index (κ1) is 17.5. The van der Waals surface area contributed by atoms with Crippen LogP contribution in [0.2, 0.25) is 0 Å². The van der Waals surface area contributed by atoms with Crippen molar-refractivity contribution in [2.24, 2.45) is 0 Å². The summed E-state index contributed by atoms with van der Waals surface area (Å²) >= 11 is 0. The number of carbonyl (C=O) groups is 2. The van der Waals surface area contributed by atoms with Gasteiger partial charge < -0.3 is 10.6 Å². The van der Waals surface area contributed by atoms with E-state index in [1.807, 2.05) is 30.3 Å². The summed E-state index contributed by atoms with van der Waals surface area (Å²) in [5.41, 5.74) is 3.37. The van der Waals surface area contributed by atoms with Gasteiger partial charge in [0.15, 0.2) is 0 Å². The number of hydrogen-bond acceptors (Lipinski definition) is 3. The van der Waals surface area contributed by atoms with Crippen molar-refractivity contribution >= 4 is 11.9 Å². The molecule has 3 amide bonds. The Balaban J connectivity index is 1.81. The molecule has 4 N–H and O–H groups in total. The van der Waals surface area contributed by atoms with Crippen molar-refractivity contribution in [3.63, 3.8) is 0 Å². The SMILES string of the molecule is O=C(NCCCc1ccccc1)N[C@H](C(=O)NO)c1ccccc1. The van der Waals surface area contributed by atoms with Gasteiger partial charge in [-0.2, -0.15) is 0 Å². The van der Waals surface area contributed by atoms with Crippen LogP contribution in [0.4, 0.5) is 4.79 Å². The van der Waals surface area contributed by atoms with Gasteiger partial charge in [0.1, 0.15) is 6.04 Å². The van der Waals surface area contributed by atoms with E-state index in [9.17, 15) is 9.59 Å². The van der Waals surface area contributed by atoms with Crippen molar-refractivity contribution in [2.75, 3.05) is 6.54 Å². The van der Waals surface area contributed by atoms with E-state index in [4.69, 9.17) is 5.21 Å². The molecular formula is C18H21N3O3. The average molecular weight is 327 g/mol. The number of benzene rings is 2. The van der Waals surface area contributed by atoms with Crippen molar-refractivity contribution in [1.29, 1.82) is 0 Å². The van der Waals surface area contributed by atoms with E-state index in [0.29, 0.717) is 12.1 Å². The second-order valence-electron chi connectivity index (χ2n) is 5.31. The third kappa shape index (κ3) is 5.40. The number of aryl methyl sites for hydroxylation is 1. The lowest BCUT2D eigenvalue weighted by atomic mass is 10.1. The summed E-state index contributed by atoms with van der Waals surface area (Å²) < 4.78 is 0. The minimum atomic E-state index is -0.953. The minimum absolute atomic E-state index is 0.458. The molecule has 0 spiro atoms. The fourth-order valence-electron chi connectivity index (χ4n) is 2.33. The van der Waals surface area contributed by atoms with Gasteiger partial charge in [0, 0.05) is 6.54 Å². The molecule has 0 aliphatic rings. The molecule has 2 aromatic rings. The van der Waals surface area contributed by atoms with E-state index >= 15 is 0 Å². The Labute approximate surface area is 140 Å². The number of hydrogen-bond donors (Lipinski definition) is 4. The summed E-state index contributed by atoms with van der Waals surface area (Å²) in [6.45, 7) is 0.489. The highest BCUT2D eigenvalue weighted by atomic mass is 16.5. The molecule has 24 heavy (non-hydrogen) atoms. The van der Waals surface area contributed by atoms with Crippen molar-refractivity contribution in [1.82, 2.24) is 16.1 Å². The molecule has 2 rings (SSSR count). The monoisotopic (exact) mass is 327 g/mol. The first-order valence-corrected chi connectivity index (χ1v) is 7.78. The number of nitrogens with one attached hydrogen (secondary N) is 3. The number of hydroxylamine groups is 1. The van der Waals surface area contributed by atoms with Crippen LogP contribution in [0.25, 0.3) is 0 Å². The van der Waals surface area contributed by atoms with Crippen LogP contribution in [0.3, 0.4) is 0 Å². The Morgan fingerprint density at radius 1 is 0.958 bits per heavy atom. The highest BCUT2D eigenvalue weighted by Crippen LogP contribution is 2.12. The van der Waals surface area contributed by atoms with Gasteiger partial charge in [-0.1, -0.05) is 60.7 Å². The smallest absolute Gasteiger partial charge is 0.315 e. The summed E-state index contributed by atoms with van der Waals surface area (Å²) in [5.74, 6) is -0.694. The van der Waals surface area contributed by atoms with Crippen LogP contribution in [-0.2, 0) is 11.2 Å². The van der Waals surface area contributed by atoms with Crippen LogP contribution in [0.5, 0.6) is 0 Å². The van der Waals surface area contributed by atoms with Gasteiger partial charge in [-0.15, -0.1) is 0 Å². The molecule has 0 fully saturated rings. The summed E-state index contributed by atoms with van der Waals surface area (Å²) in [4.78, 5) is 23.7. The van der Waals surface area contributed by atoms with Gasteiger partial charge in [-0.3, -0.25) is 10.0 Å². The van der Waals surface area contributed by atoms with Crippen LogP contribution in [0.15, 0.2) is 60.7 Å². The van der Waals surface area contributed by atoms with E-state index in [-0.39, 0.29) is 0 Å². The molecule has 0 aliphatic heterocycles. The third-order valence-corrected chi connectivity index (χ3v) is 3.55. The van der Waals surface area contributed by atoms with Crippen LogP contribution >= 0.6 is 0 Å². The van der Waals surface area contributed by atoms with Gasteiger partial charge in [-0.05, 0) is 24.0 Å². The number of carbonyl (C=O) groups excluding carboxylic acids is 2. The number of rotatable bonds is 7. The molecule has 1 atom stereocenters. The Bertz CT molecular complexity index is 647. The predicted molar refractivity (Wildman–Crippen MR) is 90.4 cm³/mol. The van der Waals surface area contributed by atoms with Crippen molar-refractivity contribution in [2.45, 2.75) is 18.9 Å². The van der Waals surface area contributed by atoms with E-state index < -0.39 is 18.0 Å². The summed E-state index contributed by atoms with van der Waals surface area (Å²) in [6.07, 6.45) is 1.65. The first-order valence-electron chi connectivity index (χ1n) is 7.78. The maximum atomic E-state index is 12.0. The van der Waals surface area contributed by atoms with E-state index in [2.05, 4.69) is 10.6 Å². The molecule has 0 aromatic heterocycles. The molecule has 0 aliphatic carbocycles. The molecule has 0 saturated heterocycles. The molecule has 126 valence electrons. The predicted octanol–water partition coefficient (Wildman–Crippen LogP) is 2.17. The van der Waals surface area contributed by atoms with Crippen molar-refractivity contribution < 1.29 is 14.8 Å². The lowest BCUT2D eigenvalue weighted by Gasteiger charge is -2.17. The number of urea groups is 1. The lowest BCUT2D eigenvalue weighted by molar-refractivity contribution is -0.131. The topological polar surface area (TPSA) is 90.5 Å². The highest BCUT2D eigenvalue weighted by molar-refractivity contribution is 5.87. The molecule has 0 saturated carbocycles. The molecule has 0 radical (unpaired) electrons. The van der Waals surface area contributed by atoms with Gasteiger partial charge in [-0.25, -0.2) is 10.3 Å². The fraction of sp³-hybridized carbons (Fsp3) is 0.222. The Kier molecular flexibility index (Phi) is 6.79. The van der Waals surface area contributed by atoms with Gasteiger partial charge in [0.05, 0.1) is 0 Å². The minimum Gasteiger partial charge on any atom is -0.338 e. The molecule has 0 unspecified atom stereocenters. The van der Waals surface area contributed by atoms with Crippen molar-refractivity contribution in [3.8, 4) is 0 Å². The molecule has 0 heterocycles. The number of amides is 3. The van der Waals surface area contributed by atoms with Gasteiger partial charge >= 0.3 is 6.03 Å². The summed E-state index contributed by atoms with van der Waals surface area (Å²) in [7, 11) is 0. The summed E-state index contributed by atoms with van der Waals surface area (Å²) in [5, 5.41) is 14.1. The second-order valence-corrected chi connectivity index (χ2v) is 5.31. The quantitative estimate of drug-likeness (QED) is 0.357. The summed E-state index contributed by atoms with van der Waals surface area (Å²) in [6, 6.07) is 17.3. The fourth-order valence-corrected chi connectivity index (χ4v) is 2.33. The van der Waals surface area contributed by atoms with Crippen LogP contribution < -0.4 is 16.1 Å². The molecular weight excluding hydrogens is 306 g/mol. The van der Waals surface area contributed by atoms with E-state index in [0.717, 1.165) is 12.8 Å². The van der Waals surface area contributed by atoms with Gasteiger partial charge in [0.25, 0.3) is 5.91 Å². The Hall–Kier alpha value is -2.86. The van der Waals surface area contributed by atoms with Gasteiger partial charge in [0.2, 0.25) is 0 Å². The van der Waals surface area contributed by atoms with Crippen LogP contribution in [-0.4, -0.2) is 23.7 Å². The Morgan fingerprint density at radius 2 is 1.58 bits per heavy atom. The molecule has 2 aromatic carbocycles. The third-order valence-electron chi connectivity index (χ3n) is 3.55. The van der Waals surface area contributed by atoms with Crippen LogP contribution in [0, 0.1) is 0 Å².